The Hall–Kier alpha value is -1.68. The lowest BCUT2D eigenvalue weighted by molar-refractivity contribution is -0.0810. The maximum absolute atomic E-state index is 12.9. The van der Waals surface area contributed by atoms with Gasteiger partial charge in [-0.2, -0.15) is 0 Å². The molecule has 6 heteroatoms. The van der Waals surface area contributed by atoms with Crippen molar-refractivity contribution in [3.05, 3.63) is 65.2 Å². The quantitative estimate of drug-likeness (QED) is 0.627. The van der Waals surface area contributed by atoms with Crippen molar-refractivity contribution in [2.75, 3.05) is 0 Å². The second-order valence-electron chi connectivity index (χ2n) is 5.24. The van der Waals surface area contributed by atoms with E-state index in [1.807, 2.05) is 12.1 Å². The summed E-state index contributed by atoms with van der Waals surface area (Å²) < 4.78 is 9.81. The molecule has 0 saturated carbocycles. The van der Waals surface area contributed by atoms with E-state index in [9.17, 15) is 4.79 Å². The molecular formula is C17H9Cl3O3. The van der Waals surface area contributed by atoms with Crippen LogP contribution in [0.4, 0.5) is 0 Å². The van der Waals surface area contributed by atoms with Crippen LogP contribution in [0, 0.1) is 0 Å². The second kappa shape index (κ2) is 4.91. The van der Waals surface area contributed by atoms with E-state index in [4.69, 9.17) is 44.3 Å². The Morgan fingerprint density at radius 1 is 0.870 bits per heavy atom. The standard InChI is InChI=1S/C17H9Cl3O3/c18-17(19,20)16-12(9-10-5-1-3-7-13(10)22-16)15(21)11-6-2-4-8-14(11)23-16/h1-9H. The van der Waals surface area contributed by atoms with Gasteiger partial charge in [-0.1, -0.05) is 65.1 Å². The molecule has 0 amide bonds. The summed E-state index contributed by atoms with van der Waals surface area (Å²) in [5.74, 6) is -1.31. The van der Waals surface area contributed by atoms with Gasteiger partial charge >= 0.3 is 5.79 Å². The van der Waals surface area contributed by atoms with Gasteiger partial charge in [-0.25, -0.2) is 0 Å². The average Bonchev–Trinajstić information content (AvgIpc) is 2.52. The number of hydrogen-bond acceptors (Lipinski definition) is 3. The third-order valence-electron chi connectivity index (χ3n) is 3.83. The Bertz CT molecular complexity index is 854. The van der Waals surface area contributed by atoms with Crippen molar-refractivity contribution >= 4 is 46.7 Å². The minimum Gasteiger partial charge on any atom is -0.444 e. The molecule has 0 N–H and O–H groups in total. The summed E-state index contributed by atoms with van der Waals surface area (Å²) in [6.07, 6.45) is 1.65. The Balaban J connectivity index is 2.01. The van der Waals surface area contributed by atoms with E-state index in [2.05, 4.69) is 0 Å². The maximum Gasteiger partial charge on any atom is 0.330 e. The van der Waals surface area contributed by atoms with Crippen molar-refractivity contribution in [3.8, 4) is 11.5 Å². The summed E-state index contributed by atoms with van der Waals surface area (Å²) in [7, 11) is 0. The van der Waals surface area contributed by atoms with Crippen molar-refractivity contribution in [2.24, 2.45) is 0 Å². The van der Waals surface area contributed by atoms with E-state index in [-0.39, 0.29) is 11.4 Å². The van der Waals surface area contributed by atoms with Crippen LogP contribution in [0.15, 0.2) is 54.1 Å². The number of benzene rings is 2. The molecule has 2 aromatic rings. The van der Waals surface area contributed by atoms with Gasteiger partial charge in [-0.05, 0) is 24.3 Å². The van der Waals surface area contributed by atoms with Crippen LogP contribution >= 0.6 is 34.8 Å². The van der Waals surface area contributed by atoms with Crippen molar-refractivity contribution in [3.63, 3.8) is 0 Å². The zero-order chi connectivity index (χ0) is 16.2. The summed E-state index contributed by atoms with van der Waals surface area (Å²) in [4.78, 5) is 12.9. The summed E-state index contributed by atoms with van der Waals surface area (Å²) in [6, 6.07) is 14.0. The van der Waals surface area contributed by atoms with Crippen LogP contribution in [0.25, 0.3) is 6.08 Å². The number of Topliss-reactive ketones (excluding diaryl/α,β-unsaturated/α-hetero) is 1. The van der Waals surface area contributed by atoms with Gasteiger partial charge in [0.15, 0.2) is 0 Å². The molecule has 0 saturated heterocycles. The minimum atomic E-state index is -2.00. The first-order valence-corrected chi connectivity index (χ1v) is 7.95. The molecule has 4 rings (SSSR count). The first-order chi connectivity index (χ1) is 10.9. The molecule has 0 spiro atoms. The number of ketones is 1. The Labute approximate surface area is 147 Å². The maximum atomic E-state index is 12.9. The van der Waals surface area contributed by atoms with E-state index in [0.717, 1.165) is 5.56 Å². The molecule has 0 bridgehead atoms. The molecule has 116 valence electrons. The molecule has 2 aromatic carbocycles. The van der Waals surface area contributed by atoms with Gasteiger partial charge in [0, 0.05) is 5.56 Å². The lowest BCUT2D eigenvalue weighted by Gasteiger charge is -2.45. The van der Waals surface area contributed by atoms with Gasteiger partial charge in [0.1, 0.15) is 11.5 Å². The monoisotopic (exact) mass is 366 g/mol. The lowest BCUT2D eigenvalue weighted by atomic mass is 9.89. The number of halogens is 3. The number of para-hydroxylation sites is 2. The van der Waals surface area contributed by atoms with Crippen LogP contribution in [0.2, 0.25) is 0 Å². The molecule has 0 aliphatic carbocycles. The molecule has 0 radical (unpaired) electrons. The van der Waals surface area contributed by atoms with Gasteiger partial charge in [0.05, 0.1) is 11.1 Å². The number of ether oxygens (including phenoxy) is 2. The van der Waals surface area contributed by atoms with Crippen molar-refractivity contribution < 1.29 is 14.3 Å². The predicted octanol–water partition coefficient (Wildman–Crippen LogP) is 4.80. The van der Waals surface area contributed by atoms with Crippen molar-refractivity contribution in [2.45, 2.75) is 9.58 Å². The van der Waals surface area contributed by atoms with Crippen LogP contribution in [0.1, 0.15) is 15.9 Å². The summed E-state index contributed by atoms with van der Waals surface area (Å²) >= 11 is 18.5. The van der Waals surface area contributed by atoms with E-state index in [1.165, 1.54) is 0 Å². The molecule has 2 aliphatic rings. The summed E-state index contributed by atoms with van der Waals surface area (Å²) in [6.45, 7) is 0. The lowest BCUT2D eigenvalue weighted by Crippen LogP contribution is -2.59. The number of alkyl halides is 3. The molecule has 0 aromatic heterocycles. The highest BCUT2D eigenvalue weighted by Gasteiger charge is 2.62. The van der Waals surface area contributed by atoms with Gasteiger partial charge in [0.25, 0.3) is 3.79 Å². The van der Waals surface area contributed by atoms with Crippen LogP contribution in [0.3, 0.4) is 0 Å². The number of carbonyl (C=O) groups is 1. The fraction of sp³-hybridized carbons (Fsp3) is 0.118. The summed E-state index contributed by atoms with van der Waals surface area (Å²) in [5.41, 5.74) is 1.30. The van der Waals surface area contributed by atoms with Crippen molar-refractivity contribution in [1.29, 1.82) is 0 Å². The number of hydrogen-bond donors (Lipinski definition) is 0. The van der Waals surface area contributed by atoms with Crippen LogP contribution in [0.5, 0.6) is 11.5 Å². The SMILES string of the molecule is O=C1C2=Cc3ccccc3OC2(C(Cl)(Cl)Cl)Oc2ccccc21. The highest BCUT2D eigenvalue weighted by molar-refractivity contribution is 6.68. The fourth-order valence-electron chi connectivity index (χ4n) is 2.76. The number of rotatable bonds is 0. The van der Waals surface area contributed by atoms with Crippen LogP contribution in [-0.2, 0) is 0 Å². The first kappa shape index (κ1) is 14.9. The van der Waals surface area contributed by atoms with Crippen molar-refractivity contribution in [1.82, 2.24) is 0 Å². The smallest absolute Gasteiger partial charge is 0.330 e. The third-order valence-corrected chi connectivity index (χ3v) is 4.58. The Morgan fingerprint density at radius 3 is 2.22 bits per heavy atom. The molecule has 1 atom stereocenters. The fourth-order valence-corrected chi connectivity index (χ4v) is 3.29. The van der Waals surface area contributed by atoms with E-state index >= 15 is 0 Å². The van der Waals surface area contributed by atoms with Gasteiger partial charge in [0.2, 0.25) is 5.78 Å². The predicted molar refractivity (Wildman–Crippen MR) is 89.5 cm³/mol. The molecule has 3 nitrogen and oxygen atoms in total. The second-order valence-corrected chi connectivity index (χ2v) is 7.52. The summed E-state index contributed by atoms with van der Waals surface area (Å²) in [5, 5.41) is 0. The molecular weight excluding hydrogens is 359 g/mol. The van der Waals surface area contributed by atoms with Gasteiger partial charge in [-0.3, -0.25) is 4.79 Å². The average molecular weight is 368 g/mol. The van der Waals surface area contributed by atoms with Crippen LogP contribution < -0.4 is 9.47 Å². The zero-order valence-electron chi connectivity index (χ0n) is 11.6. The highest BCUT2D eigenvalue weighted by atomic mass is 35.6. The van der Waals surface area contributed by atoms with Gasteiger partial charge in [-0.15, -0.1) is 0 Å². The third kappa shape index (κ3) is 2.08. The Morgan fingerprint density at radius 2 is 1.48 bits per heavy atom. The van der Waals surface area contributed by atoms with Crippen LogP contribution in [-0.4, -0.2) is 15.4 Å². The largest absolute Gasteiger partial charge is 0.444 e. The number of fused-ring (bicyclic) bond motifs is 3. The van der Waals surface area contributed by atoms with Gasteiger partial charge < -0.3 is 9.47 Å². The molecule has 0 fully saturated rings. The number of carbonyl (C=O) groups excluding carboxylic acids is 1. The van der Waals surface area contributed by atoms with E-state index in [0.29, 0.717) is 17.1 Å². The minimum absolute atomic E-state index is 0.162. The Kier molecular flexibility index (Phi) is 3.17. The topological polar surface area (TPSA) is 35.5 Å². The molecule has 2 aliphatic heterocycles. The normalized spacial score (nSPS) is 22.0. The molecule has 2 heterocycles. The molecule has 23 heavy (non-hydrogen) atoms. The van der Waals surface area contributed by atoms with E-state index in [1.54, 1.807) is 42.5 Å². The molecule has 1 unspecified atom stereocenters. The first-order valence-electron chi connectivity index (χ1n) is 6.82. The van der Waals surface area contributed by atoms with E-state index < -0.39 is 9.58 Å². The zero-order valence-corrected chi connectivity index (χ0v) is 13.8. The highest BCUT2D eigenvalue weighted by Crippen LogP contribution is 2.53.